The molecule has 0 atom stereocenters. The second-order valence-corrected chi connectivity index (χ2v) is 4.70. The summed E-state index contributed by atoms with van der Waals surface area (Å²) in [5.41, 5.74) is 6.52. The molecule has 0 bridgehead atoms. The topological polar surface area (TPSA) is 46.3 Å². The molecule has 1 aliphatic rings. The van der Waals surface area contributed by atoms with Crippen LogP contribution in [0.1, 0.15) is 23.2 Å². The van der Waals surface area contributed by atoms with E-state index in [-0.39, 0.29) is 11.9 Å². The molecule has 1 heterocycles. The van der Waals surface area contributed by atoms with Crippen LogP contribution in [0.5, 0.6) is 0 Å². The molecule has 0 radical (unpaired) electrons. The SMILES string of the molecule is NC1CCN(C(=O)c2cccc(S)c2)CC1. The lowest BCUT2D eigenvalue weighted by atomic mass is 10.1. The van der Waals surface area contributed by atoms with Crippen molar-refractivity contribution >= 4 is 18.5 Å². The molecule has 1 saturated heterocycles. The Morgan fingerprint density at radius 2 is 2.06 bits per heavy atom. The minimum Gasteiger partial charge on any atom is -0.339 e. The highest BCUT2D eigenvalue weighted by Crippen LogP contribution is 2.15. The summed E-state index contributed by atoms with van der Waals surface area (Å²) in [7, 11) is 0. The monoisotopic (exact) mass is 236 g/mol. The maximum absolute atomic E-state index is 12.1. The van der Waals surface area contributed by atoms with Crippen LogP contribution in [0.2, 0.25) is 0 Å². The van der Waals surface area contributed by atoms with Crippen molar-refractivity contribution in [3.8, 4) is 0 Å². The fourth-order valence-corrected chi connectivity index (χ4v) is 2.15. The Morgan fingerprint density at radius 3 is 2.69 bits per heavy atom. The van der Waals surface area contributed by atoms with Gasteiger partial charge < -0.3 is 10.6 Å². The van der Waals surface area contributed by atoms with Crippen LogP contribution in [0.15, 0.2) is 29.2 Å². The summed E-state index contributed by atoms with van der Waals surface area (Å²) in [6, 6.07) is 7.61. The predicted molar refractivity (Wildman–Crippen MR) is 66.8 cm³/mol. The van der Waals surface area contributed by atoms with Gasteiger partial charge in [0.05, 0.1) is 0 Å². The molecule has 0 aliphatic carbocycles. The Bertz CT molecular complexity index is 386. The second kappa shape index (κ2) is 4.89. The van der Waals surface area contributed by atoms with Gasteiger partial charge in [-0.1, -0.05) is 6.07 Å². The fraction of sp³-hybridized carbons (Fsp3) is 0.417. The summed E-state index contributed by atoms with van der Waals surface area (Å²) >= 11 is 4.24. The number of benzene rings is 1. The third kappa shape index (κ3) is 2.57. The second-order valence-electron chi connectivity index (χ2n) is 4.18. The molecule has 0 aromatic heterocycles. The van der Waals surface area contributed by atoms with Gasteiger partial charge in [-0.15, -0.1) is 12.6 Å². The molecule has 1 fully saturated rings. The molecular formula is C12H16N2OS. The summed E-state index contributed by atoms with van der Waals surface area (Å²) in [5, 5.41) is 0. The van der Waals surface area contributed by atoms with Crippen LogP contribution < -0.4 is 5.73 Å². The van der Waals surface area contributed by atoms with Crippen LogP contribution in [0.25, 0.3) is 0 Å². The smallest absolute Gasteiger partial charge is 0.253 e. The molecule has 1 aromatic carbocycles. The normalized spacial score (nSPS) is 17.5. The quantitative estimate of drug-likeness (QED) is 0.727. The third-order valence-corrected chi connectivity index (χ3v) is 3.20. The van der Waals surface area contributed by atoms with E-state index in [0.717, 1.165) is 30.8 Å². The number of nitrogens with zero attached hydrogens (tertiary/aromatic N) is 1. The van der Waals surface area contributed by atoms with Gasteiger partial charge in [0.15, 0.2) is 0 Å². The van der Waals surface area contributed by atoms with Crippen LogP contribution in [0.4, 0.5) is 0 Å². The zero-order valence-electron chi connectivity index (χ0n) is 9.10. The molecule has 0 unspecified atom stereocenters. The Balaban J connectivity index is 2.08. The first kappa shape index (κ1) is 11.5. The number of hydrogen-bond donors (Lipinski definition) is 2. The molecule has 1 aromatic rings. The molecule has 0 saturated carbocycles. The lowest BCUT2D eigenvalue weighted by Crippen LogP contribution is -2.42. The first-order valence-electron chi connectivity index (χ1n) is 5.50. The van der Waals surface area contributed by atoms with Crippen molar-refractivity contribution in [2.75, 3.05) is 13.1 Å². The highest BCUT2D eigenvalue weighted by atomic mass is 32.1. The Morgan fingerprint density at radius 1 is 1.38 bits per heavy atom. The highest BCUT2D eigenvalue weighted by molar-refractivity contribution is 7.80. The number of rotatable bonds is 1. The average Bonchev–Trinajstić information content (AvgIpc) is 2.29. The third-order valence-electron chi connectivity index (χ3n) is 2.92. The van der Waals surface area contributed by atoms with Gasteiger partial charge in [0.25, 0.3) is 5.91 Å². The molecule has 0 spiro atoms. The van der Waals surface area contributed by atoms with E-state index in [1.54, 1.807) is 6.07 Å². The molecule has 1 amide bonds. The minimum absolute atomic E-state index is 0.0859. The zero-order valence-corrected chi connectivity index (χ0v) is 9.99. The van der Waals surface area contributed by atoms with Crippen molar-refractivity contribution in [2.24, 2.45) is 5.73 Å². The molecule has 4 heteroatoms. The van der Waals surface area contributed by atoms with Crippen molar-refractivity contribution < 1.29 is 4.79 Å². The standard InChI is InChI=1S/C12H16N2OS/c13-10-4-6-14(7-5-10)12(15)9-2-1-3-11(16)8-9/h1-3,8,10,16H,4-7,13H2. The first-order chi connectivity index (χ1) is 7.66. The van der Waals surface area contributed by atoms with E-state index in [9.17, 15) is 4.79 Å². The van der Waals surface area contributed by atoms with Gasteiger partial charge in [0, 0.05) is 29.6 Å². The van der Waals surface area contributed by atoms with Gasteiger partial charge in [0.1, 0.15) is 0 Å². The lowest BCUT2D eigenvalue weighted by molar-refractivity contribution is 0.0714. The Hall–Kier alpha value is -1.00. The molecule has 86 valence electrons. The number of amides is 1. The number of piperidine rings is 1. The van der Waals surface area contributed by atoms with Crippen LogP contribution in [-0.2, 0) is 0 Å². The van der Waals surface area contributed by atoms with Crippen LogP contribution in [0.3, 0.4) is 0 Å². The van der Waals surface area contributed by atoms with Gasteiger partial charge in [-0.2, -0.15) is 0 Å². The Kier molecular flexibility index (Phi) is 3.51. The predicted octanol–water partition coefficient (Wildman–Crippen LogP) is 1.54. The van der Waals surface area contributed by atoms with Crippen molar-refractivity contribution in [1.29, 1.82) is 0 Å². The zero-order chi connectivity index (χ0) is 11.5. The van der Waals surface area contributed by atoms with Crippen LogP contribution in [0, 0.1) is 0 Å². The number of carbonyl (C=O) groups excluding carboxylic acids is 1. The van der Waals surface area contributed by atoms with Crippen molar-refractivity contribution in [2.45, 2.75) is 23.8 Å². The Labute approximate surface area is 101 Å². The number of nitrogens with two attached hydrogens (primary N) is 1. The first-order valence-corrected chi connectivity index (χ1v) is 5.95. The van der Waals surface area contributed by atoms with Crippen LogP contribution >= 0.6 is 12.6 Å². The average molecular weight is 236 g/mol. The van der Waals surface area contributed by atoms with E-state index in [2.05, 4.69) is 12.6 Å². The summed E-state index contributed by atoms with van der Waals surface area (Å²) in [6.07, 6.45) is 1.79. The number of thiol groups is 1. The molecule has 16 heavy (non-hydrogen) atoms. The molecule has 3 nitrogen and oxygen atoms in total. The number of carbonyl (C=O) groups is 1. The molecule has 1 aliphatic heterocycles. The highest BCUT2D eigenvalue weighted by Gasteiger charge is 2.21. The summed E-state index contributed by atoms with van der Waals surface area (Å²) in [6.45, 7) is 1.52. The summed E-state index contributed by atoms with van der Waals surface area (Å²) < 4.78 is 0. The van der Waals surface area contributed by atoms with Gasteiger partial charge >= 0.3 is 0 Å². The number of likely N-dealkylation sites (tertiary alicyclic amines) is 1. The van der Waals surface area contributed by atoms with E-state index in [1.807, 2.05) is 23.1 Å². The molecule has 2 N–H and O–H groups in total. The van der Waals surface area contributed by atoms with Gasteiger partial charge in [0.2, 0.25) is 0 Å². The summed E-state index contributed by atoms with van der Waals surface area (Å²) in [4.78, 5) is 14.8. The van der Waals surface area contributed by atoms with Gasteiger partial charge in [-0.05, 0) is 31.0 Å². The summed E-state index contributed by atoms with van der Waals surface area (Å²) in [5.74, 6) is 0.0859. The molecular weight excluding hydrogens is 220 g/mol. The molecule has 2 rings (SSSR count). The largest absolute Gasteiger partial charge is 0.339 e. The van der Waals surface area contributed by atoms with Crippen molar-refractivity contribution in [3.63, 3.8) is 0 Å². The minimum atomic E-state index is 0.0859. The van der Waals surface area contributed by atoms with Crippen molar-refractivity contribution in [1.82, 2.24) is 4.90 Å². The van der Waals surface area contributed by atoms with Crippen molar-refractivity contribution in [3.05, 3.63) is 29.8 Å². The van der Waals surface area contributed by atoms with Gasteiger partial charge in [-0.25, -0.2) is 0 Å². The van der Waals surface area contributed by atoms with Gasteiger partial charge in [-0.3, -0.25) is 4.79 Å². The van der Waals surface area contributed by atoms with E-state index in [0.29, 0.717) is 5.56 Å². The van der Waals surface area contributed by atoms with Crippen LogP contribution in [-0.4, -0.2) is 29.9 Å². The maximum atomic E-state index is 12.1. The van der Waals surface area contributed by atoms with E-state index >= 15 is 0 Å². The lowest BCUT2D eigenvalue weighted by Gasteiger charge is -2.30. The fourth-order valence-electron chi connectivity index (χ4n) is 1.92. The van der Waals surface area contributed by atoms with E-state index in [1.165, 1.54) is 0 Å². The maximum Gasteiger partial charge on any atom is 0.253 e. The number of hydrogen-bond acceptors (Lipinski definition) is 3. The van der Waals surface area contributed by atoms with E-state index < -0.39 is 0 Å². The van der Waals surface area contributed by atoms with E-state index in [4.69, 9.17) is 5.73 Å².